The van der Waals surface area contributed by atoms with Gasteiger partial charge in [0.15, 0.2) is 0 Å². The van der Waals surface area contributed by atoms with Gasteiger partial charge < -0.3 is 0 Å². The molecule has 0 aliphatic rings. The molecule has 1 radical (unpaired) electrons. The zero-order chi connectivity index (χ0) is 7.40. The minimum atomic E-state index is 1.25. The van der Waals surface area contributed by atoms with E-state index < -0.39 is 0 Å². The third-order valence-electron chi connectivity index (χ3n) is 1.21. The van der Waals surface area contributed by atoms with Gasteiger partial charge in [-0.3, -0.25) is 0 Å². The van der Waals surface area contributed by atoms with Gasteiger partial charge in [0.05, 0.1) is 0 Å². The molecule has 0 aromatic heterocycles. The van der Waals surface area contributed by atoms with Gasteiger partial charge in [-0.05, 0) is 24.6 Å². The molecule has 0 saturated heterocycles. The number of thioether (sulfide) groups is 2. The van der Waals surface area contributed by atoms with Crippen molar-refractivity contribution in [1.82, 2.24) is 0 Å². The Balaban J connectivity index is 2.96. The van der Waals surface area contributed by atoms with E-state index in [1.807, 2.05) is 12.1 Å². The van der Waals surface area contributed by atoms with Gasteiger partial charge in [-0.1, -0.05) is 12.1 Å². The molecule has 0 N–H and O–H groups in total. The Morgan fingerprint density at radius 2 is 2.10 bits per heavy atom. The summed E-state index contributed by atoms with van der Waals surface area (Å²) in [6.07, 6.45) is 4.16. The van der Waals surface area contributed by atoms with E-state index in [-0.39, 0.29) is 0 Å². The minimum absolute atomic E-state index is 1.25. The fraction of sp³-hybridized carbons (Fsp3) is 0.250. The van der Waals surface area contributed by atoms with Crippen molar-refractivity contribution < 1.29 is 0 Å². The van der Waals surface area contributed by atoms with Crippen LogP contribution < -0.4 is 0 Å². The molecular weight excluding hydrogens is 160 g/mol. The van der Waals surface area contributed by atoms with Crippen LogP contribution in [0.5, 0.6) is 0 Å². The average Bonchev–Trinajstić information content (AvgIpc) is 2.04. The highest BCUT2D eigenvalue weighted by Gasteiger charge is 1.96. The fourth-order valence-corrected chi connectivity index (χ4v) is 2.14. The summed E-state index contributed by atoms with van der Waals surface area (Å²) in [5.74, 6) is 0. The zero-order valence-corrected chi connectivity index (χ0v) is 7.68. The quantitative estimate of drug-likeness (QED) is 0.624. The van der Waals surface area contributed by atoms with E-state index in [0.717, 1.165) is 0 Å². The molecule has 1 aromatic carbocycles. The second kappa shape index (κ2) is 3.94. The average molecular weight is 169 g/mol. The van der Waals surface area contributed by atoms with E-state index in [2.05, 4.69) is 24.6 Å². The van der Waals surface area contributed by atoms with Crippen LogP contribution in [-0.4, -0.2) is 12.5 Å². The Kier molecular flexibility index (Phi) is 3.16. The molecule has 0 heterocycles. The molecule has 1 rings (SSSR count). The molecule has 0 fully saturated rings. The smallest absolute Gasteiger partial charge is 0.0284 e. The molecule has 0 amide bonds. The highest BCUT2D eigenvalue weighted by Crippen LogP contribution is 2.26. The largest absolute Gasteiger partial charge is 0.128 e. The second-order valence-electron chi connectivity index (χ2n) is 1.77. The van der Waals surface area contributed by atoms with Crippen LogP contribution in [0.2, 0.25) is 0 Å². The maximum Gasteiger partial charge on any atom is 0.0284 e. The highest BCUT2D eigenvalue weighted by molar-refractivity contribution is 8.01. The molecule has 2 heteroatoms. The molecule has 0 bridgehead atoms. The summed E-state index contributed by atoms with van der Waals surface area (Å²) in [7, 11) is 0. The van der Waals surface area contributed by atoms with Gasteiger partial charge in [0, 0.05) is 9.79 Å². The molecule has 0 aliphatic heterocycles. The molecule has 0 atom stereocenters. The Hall–Kier alpha value is -0.0800. The summed E-state index contributed by atoms with van der Waals surface area (Å²) < 4.78 is 0. The van der Waals surface area contributed by atoms with E-state index in [1.165, 1.54) is 9.79 Å². The van der Waals surface area contributed by atoms with Gasteiger partial charge in [-0.2, -0.15) is 0 Å². The SMILES string of the molecule is CSc1[c]cccc1SC. The van der Waals surface area contributed by atoms with Crippen LogP contribution in [0.15, 0.2) is 28.0 Å². The van der Waals surface area contributed by atoms with Crippen molar-refractivity contribution in [3.63, 3.8) is 0 Å². The highest BCUT2D eigenvalue weighted by atomic mass is 32.2. The number of rotatable bonds is 2. The summed E-state index contributed by atoms with van der Waals surface area (Å²) in [5, 5.41) is 0. The second-order valence-corrected chi connectivity index (χ2v) is 3.44. The van der Waals surface area contributed by atoms with E-state index in [0.29, 0.717) is 0 Å². The lowest BCUT2D eigenvalue weighted by Crippen LogP contribution is -1.74. The first-order valence-corrected chi connectivity index (χ1v) is 5.42. The van der Waals surface area contributed by atoms with Crippen molar-refractivity contribution >= 4 is 23.5 Å². The monoisotopic (exact) mass is 169 g/mol. The lowest BCUT2D eigenvalue weighted by molar-refractivity contribution is 1.25. The zero-order valence-electron chi connectivity index (χ0n) is 6.05. The molecule has 0 unspecified atom stereocenters. The summed E-state index contributed by atoms with van der Waals surface area (Å²) in [4.78, 5) is 2.56. The predicted octanol–water partition coefficient (Wildman–Crippen LogP) is 2.93. The van der Waals surface area contributed by atoms with Crippen molar-refractivity contribution in [2.75, 3.05) is 12.5 Å². The molecular formula is C8H9S2. The van der Waals surface area contributed by atoms with Crippen molar-refractivity contribution in [2.45, 2.75) is 9.79 Å². The van der Waals surface area contributed by atoms with E-state index in [4.69, 9.17) is 0 Å². The standard InChI is InChI=1S/C8H9S2/c1-9-7-5-3-4-6-8(7)10-2/h3-5H,1-2H3. The van der Waals surface area contributed by atoms with Gasteiger partial charge in [-0.15, -0.1) is 23.5 Å². The van der Waals surface area contributed by atoms with E-state index >= 15 is 0 Å². The molecule has 0 aliphatic carbocycles. The Morgan fingerprint density at radius 3 is 2.60 bits per heavy atom. The van der Waals surface area contributed by atoms with Crippen molar-refractivity contribution in [1.29, 1.82) is 0 Å². The van der Waals surface area contributed by atoms with Crippen molar-refractivity contribution in [3.05, 3.63) is 24.3 Å². The van der Waals surface area contributed by atoms with Gasteiger partial charge in [0.2, 0.25) is 0 Å². The van der Waals surface area contributed by atoms with Crippen LogP contribution in [0, 0.1) is 6.07 Å². The van der Waals surface area contributed by atoms with Crippen LogP contribution >= 0.6 is 23.5 Å². The normalized spacial score (nSPS) is 9.80. The summed E-state index contributed by atoms with van der Waals surface area (Å²) in [5.41, 5.74) is 0. The molecule has 53 valence electrons. The lowest BCUT2D eigenvalue weighted by Gasteiger charge is -2.00. The van der Waals surface area contributed by atoms with Crippen LogP contribution in [0.3, 0.4) is 0 Å². The van der Waals surface area contributed by atoms with Gasteiger partial charge in [0.1, 0.15) is 0 Å². The van der Waals surface area contributed by atoms with Crippen LogP contribution in [0.1, 0.15) is 0 Å². The fourth-order valence-electron chi connectivity index (χ4n) is 0.726. The summed E-state index contributed by atoms with van der Waals surface area (Å²) in [6, 6.07) is 9.27. The first-order chi connectivity index (χ1) is 4.88. The van der Waals surface area contributed by atoms with Crippen molar-refractivity contribution in [2.24, 2.45) is 0 Å². The maximum atomic E-state index is 3.18. The van der Waals surface area contributed by atoms with E-state index in [9.17, 15) is 0 Å². The number of benzene rings is 1. The van der Waals surface area contributed by atoms with Crippen molar-refractivity contribution in [3.8, 4) is 0 Å². The van der Waals surface area contributed by atoms with Crippen LogP contribution in [-0.2, 0) is 0 Å². The summed E-state index contributed by atoms with van der Waals surface area (Å²) in [6.45, 7) is 0. The third kappa shape index (κ3) is 1.70. The Bertz CT molecular complexity index is 185. The summed E-state index contributed by atoms with van der Waals surface area (Å²) >= 11 is 3.51. The molecule has 0 saturated carbocycles. The molecule has 10 heavy (non-hydrogen) atoms. The number of hydrogen-bond acceptors (Lipinski definition) is 2. The van der Waals surface area contributed by atoms with Crippen LogP contribution in [0.25, 0.3) is 0 Å². The third-order valence-corrected chi connectivity index (χ3v) is 2.86. The van der Waals surface area contributed by atoms with Gasteiger partial charge in [-0.25, -0.2) is 0 Å². The van der Waals surface area contributed by atoms with Crippen LogP contribution in [0.4, 0.5) is 0 Å². The van der Waals surface area contributed by atoms with Gasteiger partial charge >= 0.3 is 0 Å². The van der Waals surface area contributed by atoms with E-state index in [1.54, 1.807) is 23.5 Å². The first kappa shape index (κ1) is 8.02. The molecule has 0 spiro atoms. The first-order valence-electron chi connectivity index (χ1n) is 2.97. The Morgan fingerprint density at radius 1 is 1.30 bits per heavy atom. The topological polar surface area (TPSA) is 0 Å². The minimum Gasteiger partial charge on any atom is -0.128 e. The van der Waals surface area contributed by atoms with Gasteiger partial charge in [0.25, 0.3) is 0 Å². The molecule has 1 aromatic rings. The predicted molar refractivity (Wildman–Crippen MR) is 48.8 cm³/mol. The molecule has 0 nitrogen and oxygen atoms in total. The Labute approximate surface area is 70.4 Å². The maximum absolute atomic E-state index is 3.18. The lowest BCUT2D eigenvalue weighted by atomic mass is 10.4. The number of hydrogen-bond donors (Lipinski definition) is 0.